The van der Waals surface area contributed by atoms with Crippen LogP contribution in [-0.2, 0) is 25.7 Å². The molecule has 8 nitrogen and oxygen atoms in total. The molecule has 0 bridgehead atoms. The summed E-state index contributed by atoms with van der Waals surface area (Å²) in [5.41, 5.74) is 0.0572. The van der Waals surface area contributed by atoms with E-state index in [0.717, 1.165) is 4.90 Å². The molecule has 3 heterocycles. The van der Waals surface area contributed by atoms with Crippen molar-refractivity contribution in [2.24, 2.45) is 11.8 Å². The molecule has 2 aromatic heterocycles. The lowest BCUT2D eigenvalue weighted by Gasteiger charge is -2.21. The molecule has 1 saturated heterocycles. The van der Waals surface area contributed by atoms with Crippen molar-refractivity contribution in [3.63, 3.8) is 0 Å². The maximum atomic E-state index is 12.5. The topological polar surface area (TPSA) is 98.1 Å². The molecule has 0 unspecified atom stereocenters. The van der Waals surface area contributed by atoms with Gasteiger partial charge >= 0.3 is 5.97 Å². The van der Waals surface area contributed by atoms with E-state index in [1.807, 2.05) is 12.2 Å². The minimum atomic E-state index is -1.01. The van der Waals surface area contributed by atoms with Crippen molar-refractivity contribution in [2.45, 2.75) is 32.4 Å². The molecule has 0 aromatic carbocycles. The van der Waals surface area contributed by atoms with E-state index in [2.05, 4.69) is 4.98 Å². The minimum Gasteiger partial charge on any atom is -0.458 e. The van der Waals surface area contributed by atoms with E-state index < -0.39 is 12.0 Å². The lowest BCUT2D eigenvalue weighted by molar-refractivity contribution is -0.159. The van der Waals surface area contributed by atoms with Crippen molar-refractivity contribution < 1.29 is 19.1 Å². The zero-order valence-corrected chi connectivity index (χ0v) is 15.3. The van der Waals surface area contributed by atoms with E-state index in [1.165, 1.54) is 28.7 Å². The van der Waals surface area contributed by atoms with Gasteiger partial charge in [0.05, 0.1) is 17.5 Å². The number of hydrogen-bond donors (Lipinski definition) is 0. The number of aromatic nitrogens is 2. The average Bonchev–Trinajstić information content (AvgIpc) is 3.23. The second kappa shape index (κ2) is 6.73. The second-order valence-electron chi connectivity index (χ2n) is 6.63. The van der Waals surface area contributed by atoms with E-state index in [4.69, 9.17) is 4.74 Å². The van der Waals surface area contributed by atoms with Crippen LogP contribution < -0.4 is 5.56 Å². The smallest absolute Gasteiger partial charge is 0.329 e. The zero-order chi connectivity index (χ0) is 19.1. The third-order valence-electron chi connectivity index (χ3n) is 4.99. The van der Waals surface area contributed by atoms with Crippen LogP contribution in [0.15, 0.2) is 34.6 Å². The third-order valence-corrected chi connectivity index (χ3v) is 5.75. The van der Waals surface area contributed by atoms with Crippen molar-refractivity contribution >= 4 is 34.1 Å². The van der Waals surface area contributed by atoms with Gasteiger partial charge in [-0.25, -0.2) is 9.78 Å². The Bertz CT molecular complexity index is 997. The van der Waals surface area contributed by atoms with Crippen molar-refractivity contribution in [3.05, 3.63) is 45.8 Å². The number of allylic oxidation sites excluding steroid dienone is 2. The molecule has 1 aliphatic carbocycles. The van der Waals surface area contributed by atoms with Crippen molar-refractivity contribution in [1.82, 2.24) is 14.3 Å². The minimum absolute atomic E-state index is 0.197. The van der Waals surface area contributed by atoms with Crippen LogP contribution in [0, 0.1) is 11.8 Å². The van der Waals surface area contributed by atoms with Crippen LogP contribution in [0.25, 0.3) is 4.96 Å². The molecule has 4 rings (SSSR count). The van der Waals surface area contributed by atoms with Gasteiger partial charge in [-0.15, -0.1) is 11.3 Å². The molecule has 3 atom stereocenters. The largest absolute Gasteiger partial charge is 0.458 e. The summed E-state index contributed by atoms with van der Waals surface area (Å²) in [5, 5.41) is 1.74. The number of hydrogen-bond acceptors (Lipinski definition) is 7. The van der Waals surface area contributed by atoms with E-state index in [0.29, 0.717) is 23.5 Å². The maximum Gasteiger partial charge on any atom is 0.329 e. The Hall–Kier alpha value is -2.81. The number of carbonyl (C=O) groups excluding carboxylic acids is 3. The van der Waals surface area contributed by atoms with E-state index in [-0.39, 0.29) is 35.8 Å². The molecule has 1 fully saturated rings. The first-order valence-corrected chi connectivity index (χ1v) is 9.49. The Morgan fingerprint density at radius 2 is 1.93 bits per heavy atom. The van der Waals surface area contributed by atoms with Crippen LogP contribution in [0.1, 0.15) is 25.5 Å². The van der Waals surface area contributed by atoms with Crippen LogP contribution in [0.3, 0.4) is 0 Å². The molecular formula is C18H17N3O5S. The molecule has 27 heavy (non-hydrogen) atoms. The highest BCUT2D eigenvalue weighted by Gasteiger charge is 2.50. The molecule has 0 saturated carbocycles. The van der Waals surface area contributed by atoms with Crippen molar-refractivity contribution in [3.8, 4) is 0 Å². The summed E-state index contributed by atoms with van der Waals surface area (Å²) in [4.78, 5) is 55.2. The van der Waals surface area contributed by atoms with Crippen LogP contribution in [-0.4, -0.2) is 38.1 Å². The van der Waals surface area contributed by atoms with Gasteiger partial charge in [-0.2, -0.15) is 0 Å². The Kier molecular flexibility index (Phi) is 4.39. The first-order chi connectivity index (χ1) is 13.0. The fraction of sp³-hybridized carbons (Fsp3) is 0.389. The van der Waals surface area contributed by atoms with E-state index in [1.54, 1.807) is 11.6 Å². The Morgan fingerprint density at radius 1 is 1.26 bits per heavy atom. The zero-order valence-electron chi connectivity index (χ0n) is 14.5. The molecular weight excluding hydrogens is 370 g/mol. The highest BCUT2D eigenvalue weighted by molar-refractivity contribution is 7.15. The summed E-state index contributed by atoms with van der Waals surface area (Å²) in [6.07, 6.45) is 6.43. The number of imide groups is 1. The van der Waals surface area contributed by atoms with E-state index in [9.17, 15) is 19.2 Å². The van der Waals surface area contributed by atoms with Gasteiger partial charge in [0.1, 0.15) is 12.6 Å². The van der Waals surface area contributed by atoms with Crippen LogP contribution >= 0.6 is 11.3 Å². The fourth-order valence-electron chi connectivity index (χ4n) is 3.54. The summed E-state index contributed by atoms with van der Waals surface area (Å²) in [5.74, 6) is -2.12. The van der Waals surface area contributed by atoms with Crippen LogP contribution in [0.2, 0.25) is 0 Å². The lowest BCUT2D eigenvalue weighted by Crippen LogP contribution is -2.44. The molecule has 2 aromatic rings. The number of fused-ring (bicyclic) bond motifs is 2. The summed E-state index contributed by atoms with van der Waals surface area (Å²) >= 11 is 1.30. The number of carbonyl (C=O) groups is 3. The standard InChI is InChI=1S/C18H17N3O5S/c1-10(21-15(23)12-4-2-3-5-13(12)16(21)24)17(25)26-9-11-8-14(22)20-6-7-27-18(20)19-11/h2-3,6-8,10,12-13H,4-5,9H2,1H3/t10-,12+,13+/m0/s1. The average molecular weight is 387 g/mol. The van der Waals surface area contributed by atoms with Gasteiger partial charge in [-0.1, -0.05) is 12.2 Å². The molecule has 9 heteroatoms. The lowest BCUT2D eigenvalue weighted by atomic mass is 9.85. The Balaban J connectivity index is 1.45. The monoisotopic (exact) mass is 387 g/mol. The normalized spacial score (nSPS) is 22.9. The highest BCUT2D eigenvalue weighted by Crippen LogP contribution is 2.36. The number of esters is 1. The molecule has 2 aliphatic rings. The summed E-state index contributed by atoms with van der Waals surface area (Å²) in [6, 6.07) is 0.284. The highest BCUT2D eigenvalue weighted by atomic mass is 32.1. The molecule has 140 valence electrons. The Morgan fingerprint density at radius 3 is 2.59 bits per heavy atom. The van der Waals surface area contributed by atoms with Gasteiger partial charge in [0.25, 0.3) is 5.56 Å². The third kappa shape index (κ3) is 2.97. The summed E-state index contributed by atoms with van der Waals surface area (Å²) < 4.78 is 6.62. The fourth-order valence-corrected chi connectivity index (χ4v) is 4.28. The predicted octanol–water partition coefficient (Wildman–Crippen LogP) is 1.14. The summed E-state index contributed by atoms with van der Waals surface area (Å²) in [6.45, 7) is 1.28. The van der Waals surface area contributed by atoms with Gasteiger partial charge in [0, 0.05) is 17.6 Å². The molecule has 0 N–H and O–H groups in total. The number of ether oxygens (including phenoxy) is 1. The number of likely N-dealkylation sites (tertiary alicyclic amines) is 1. The van der Waals surface area contributed by atoms with Crippen LogP contribution in [0.4, 0.5) is 0 Å². The number of amides is 2. The van der Waals surface area contributed by atoms with Crippen LogP contribution in [0.5, 0.6) is 0 Å². The molecule has 1 aliphatic heterocycles. The van der Waals surface area contributed by atoms with Gasteiger partial charge in [0.2, 0.25) is 11.8 Å². The summed E-state index contributed by atoms with van der Waals surface area (Å²) in [7, 11) is 0. The van der Waals surface area contributed by atoms with Gasteiger partial charge in [-0.05, 0) is 19.8 Å². The Labute approximate surface area is 158 Å². The van der Waals surface area contributed by atoms with Gasteiger partial charge in [-0.3, -0.25) is 23.7 Å². The number of rotatable bonds is 4. The number of nitrogens with zero attached hydrogens (tertiary/aromatic N) is 3. The maximum absolute atomic E-state index is 12.5. The molecule has 0 radical (unpaired) electrons. The van der Waals surface area contributed by atoms with Crippen molar-refractivity contribution in [1.29, 1.82) is 0 Å². The second-order valence-corrected chi connectivity index (χ2v) is 7.50. The van der Waals surface area contributed by atoms with Gasteiger partial charge < -0.3 is 4.74 Å². The first-order valence-electron chi connectivity index (χ1n) is 8.61. The van der Waals surface area contributed by atoms with Crippen molar-refractivity contribution in [2.75, 3.05) is 0 Å². The quantitative estimate of drug-likeness (QED) is 0.443. The van der Waals surface area contributed by atoms with E-state index >= 15 is 0 Å². The van der Waals surface area contributed by atoms with Gasteiger partial charge in [0.15, 0.2) is 4.96 Å². The SMILES string of the molecule is C[C@@H](C(=O)OCc1cc(=O)n2ccsc2n1)N1C(=O)[C@@H]2CC=CC[C@H]2C1=O. The number of thiazole rings is 1. The molecule has 0 spiro atoms. The molecule has 2 amide bonds. The predicted molar refractivity (Wildman–Crippen MR) is 95.8 cm³/mol. The first kappa shape index (κ1) is 17.6.